The molecule has 1 aromatic heterocycles. The molecule has 4 heteroatoms. The van der Waals surface area contributed by atoms with E-state index in [1.54, 1.807) is 25.3 Å². The highest BCUT2D eigenvalue weighted by Crippen LogP contribution is 2.05. The van der Waals surface area contributed by atoms with Gasteiger partial charge in [0, 0.05) is 6.20 Å². The third-order valence-corrected chi connectivity index (χ3v) is 1.83. The summed E-state index contributed by atoms with van der Waals surface area (Å²) in [6.07, 6.45) is 1.59. The van der Waals surface area contributed by atoms with Crippen molar-refractivity contribution in [2.24, 2.45) is 0 Å². The zero-order valence-corrected chi connectivity index (χ0v) is 8.74. The number of ether oxygens (including phenoxy) is 1. The van der Waals surface area contributed by atoms with E-state index in [9.17, 15) is 4.79 Å². The van der Waals surface area contributed by atoms with Gasteiger partial charge >= 0.3 is 5.97 Å². The highest BCUT2D eigenvalue weighted by Gasteiger charge is 2.05. The zero-order chi connectivity index (χ0) is 8.97. The minimum atomic E-state index is -0.294. The molecule has 0 spiro atoms. The van der Waals surface area contributed by atoms with E-state index in [0.29, 0.717) is 12.2 Å². The molecule has 0 atom stereocenters. The van der Waals surface area contributed by atoms with Crippen molar-refractivity contribution in [2.75, 3.05) is 6.61 Å². The minimum absolute atomic E-state index is 0.294. The summed E-state index contributed by atoms with van der Waals surface area (Å²) in [4.78, 5) is 15.1. The molecule has 0 aliphatic rings. The summed E-state index contributed by atoms with van der Waals surface area (Å²) in [6.45, 7) is 2.18. The second-order valence-electron chi connectivity index (χ2n) is 2.09. The smallest absolute Gasteiger partial charge is 0.338 e. The lowest BCUT2D eigenvalue weighted by atomic mass is 10.3. The molecule has 0 N–H and O–H groups in total. The Labute approximate surface area is 84.3 Å². The molecule has 0 fully saturated rings. The molecule has 0 aromatic carbocycles. The maximum Gasteiger partial charge on any atom is 0.338 e. The van der Waals surface area contributed by atoms with E-state index in [0.717, 1.165) is 3.70 Å². The van der Waals surface area contributed by atoms with E-state index in [1.807, 2.05) is 22.6 Å². The third-order valence-electron chi connectivity index (χ3n) is 1.24. The third kappa shape index (κ3) is 2.44. The quantitative estimate of drug-likeness (QED) is 0.470. The van der Waals surface area contributed by atoms with Gasteiger partial charge in [-0.2, -0.15) is 0 Å². The molecule has 12 heavy (non-hydrogen) atoms. The molecule has 0 unspecified atom stereocenters. The maximum absolute atomic E-state index is 11.1. The average Bonchev–Trinajstić information content (AvgIpc) is 2.05. The molecule has 0 radical (unpaired) electrons. The second-order valence-corrected chi connectivity index (χ2v) is 3.19. The number of hydrogen-bond acceptors (Lipinski definition) is 3. The summed E-state index contributed by atoms with van der Waals surface area (Å²) in [7, 11) is 0. The molecule has 0 aliphatic heterocycles. The van der Waals surface area contributed by atoms with Gasteiger partial charge in [-0.3, -0.25) is 4.98 Å². The summed E-state index contributed by atoms with van der Waals surface area (Å²) in [5.41, 5.74) is 0.552. The van der Waals surface area contributed by atoms with Gasteiger partial charge in [-0.1, -0.05) is 0 Å². The van der Waals surface area contributed by atoms with Gasteiger partial charge in [0.05, 0.1) is 12.2 Å². The molecule has 3 nitrogen and oxygen atoms in total. The molecular formula is C8H8INO2. The molecule has 0 saturated carbocycles. The Morgan fingerprint density at radius 1 is 1.75 bits per heavy atom. The highest BCUT2D eigenvalue weighted by atomic mass is 127. The van der Waals surface area contributed by atoms with Gasteiger partial charge in [0.15, 0.2) is 0 Å². The number of carbonyl (C=O) groups is 1. The van der Waals surface area contributed by atoms with Crippen LogP contribution in [0.25, 0.3) is 0 Å². The van der Waals surface area contributed by atoms with Crippen LogP contribution in [-0.4, -0.2) is 17.6 Å². The number of esters is 1. The van der Waals surface area contributed by atoms with Crippen LogP contribution in [0.3, 0.4) is 0 Å². The predicted octanol–water partition coefficient (Wildman–Crippen LogP) is 1.86. The number of hydrogen-bond donors (Lipinski definition) is 0. The normalized spacial score (nSPS) is 9.50. The van der Waals surface area contributed by atoms with Crippen molar-refractivity contribution < 1.29 is 9.53 Å². The van der Waals surface area contributed by atoms with Gasteiger partial charge in [0.2, 0.25) is 0 Å². The Bertz CT molecular complexity index is 288. The summed E-state index contributed by atoms with van der Waals surface area (Å²) in [6, 6.07) is 3.33. The molecule has 1 rings (SSSR count). The van der Waals surface area contributed by atoms with Gasteiger partial charge in [-0.05, 0) is 41.6 Å². The molecule has 0 aliphatic carbocycles. The Kier molecular flexibility index (Phi) is 3.46. The van der Waals surface area contributed by atoms with E-state index in [-0.39, 0.29) is 5.97 Å². The molecule has 0 amide bonds. The second kappa shape index (κ2) is 4.39. The van der Waals surface area contributed by atoms with E-state index >= 15 is 0 Å². The highest BCUT2D eigenvalue weighted by molar-refractivity contribution is 14.1. The Balaban J connectivity index is 2.81. The number of halogens is 1. The number of rotatable bonds is 2. The van der Waals surface area contributed by atoms with Gasteiger partial charge in [-0.25, -0.2) is 4.79 Å². The lowest BCUT2D eigenvalue weighted by molar-refractivity contribution is 0.0526. The van der Waals surface area contributed by atoms with Crippen LogP contribution in [0.1, 0.15) is 17.3 Å². The summed E-state index contributed by atoms with van der Waals surface area (Å²) >= 11 is 2.05. The van der Waals surface area contributed by atoms with Crippen molar-refractivity contribution >= 4 is 28.6 Å². The SMILES string of the molecule is CCOC(=O)c1ccnc(I)c1. The lowest BCUT2D eigenvalue weighted by Gasteiger charge is -2.00. The first-order valence-electron chi connectivity index (χ1n) is 3.52. The van der Waals surface area contributed by atoms with Crippen molar-refractivity contribution in [3.63, 3.8) is 0 Å². The van der Waals surface area contributed by atoms with Crippen LogP contribution < -0.4 is 0 Å². The first-order valence-corrected chi connectivity index (χ1v) is 4.60. The lowest BCUT2D eigenvalue weighted by Crippen LogP contribution is -2.04. The molecule has 1 aromatic rings. The van der Waals surface area contributed by atoms with Crippen LogP contribution >= 0.6 is 22.6 Å². The first-order chi connectivity index (χ1) is 5.74. The molecule has 0 bridgehead atoms. The number of pyridine rings is 1. The summed E-state index contributed by atoms with van der Waals surface area (Å²) in [5.74, 6) is -0.294. The van der Waals surface area contributed by atoms with Crippen LogP contribution in [0.5, 0.6) is 0 Å². The van der Waals surface area contributed by atoms with Gasteiger partial charge in [0.25, 0.3) is 0 Å². The monoisotopic (exact) mass is 277 g/mol. The maximum atomic E-state index is 11.1. The van der Waals surface area contributed by atoms with Crippen molar-refractivity contribution in [3.05, 3.63) is 27.6 Å². The fourth-order valence-corrected chi connectivity index (χ4v) is 1.24. The van der Waals surface area contributed by atoms with Crippen molar-refractivity contribution in [1.82, 2.24) is 4.98 Å². The van der Waals surface area contributed by atoms with Crippen LogP contribution in [0.15, 0.2) is 18.3 Å². The van der Waals surface area contributed by atoms with Crippen molar-refractivity contribution in [1.29, 1.82) is 0 Å². The summed E-state index contributed by atoms with van der Waals surface area (Å²) < 4.78 is 5.60. The summed E-state index contributed by atoms with van der Waals surface area (Å²) in [5, 5.41) is 0. The largest absolute Gasteiger partial charge is 0.462 e. The molecular weight excluding hydrogens is 269 g/mol. The molecule has 1 heterocycles. The standard InChI is InChI=1S/C8H8INO2/c1-2-12-8(11)6-3-4-10-7(9)5-6/h3-5H,2H2,1H3. The fourth-order valence-electron chi connectivity index (χ4n) is 0.744. The van der Waals surface area contributed by atoms with E-state index in [2.05, 4.69) is 4.98 Å². The predicted molar refractivity (Wildman–Crippen MR) is 52.9 cm³/mol. The van der Waals surface area contributed by atoms with Crippen LogP contribution in [-0.2, 0) is 4.74 Å². The van der Waals surface area contributed by atoms with Crippen molar-refractivity contribution in [3.8, 4) is 0 Å². The van der Waals surface area contributed by atoms with Gasteiger partial charge in [0.1, 0.15) is 3.70 Å². The average molecular weight is 277 g/mol. The van der Waals surface area contributed by atoms with Gasteiger partial charge in [-0.15, -0.1) is 0 Å². The minimum Gasteiger partial charge on any atom is -0.462 e. The van der Waals surface area contributed by atoms with E-state index in [1.165, 1.54) is 0 Å². The fraction of sp³-hybridized carbons (Fsp3) is 0.250. The zero-order valence-electron chi connectivity index (χ0n) is 6.58. The van der Waals surface area contributed by atoms with Crippen molar-refractivity contribution in [2.45, 2.75) is 6.92 Å². The van der Waals surface area contributed by atoms with Crippen LogP contribution in [0.2, 0.25) is 0 Å². The van der Waals surface area contributed by atoms with E-state index in [4.69, 9.17) is 4.74 Å². The first kappa shape index (κ1) is 9.44. The Hall–Kier alpha value is -0.650. The van der Waals surface area contributed by atoms with E-state index < -0.39 is 0 Å². The van der Waals surface area contributed by atoms with Crippen LogP contribution in [0.4, 0.5) is 0 Å². The van der Waals surface area contributed by atoms with Gasteiger partial charge < -0.3 is 4.74 Å². The number of nitrogens with zero attached hydrogens (tertiary/aromatic N) is 1. The Morgan fingerprint density at radius 2 is 2.50 bits per heavy atom. The Morgan fingerprint density at radius 3 is 3.08 bits per heavy atom. The number of carbonyl (C=O) groups excluding carboxylic acids is 1. The topological polar surface area (TPSA) is 39.2 Å². The molecule has 0 saturated heterocycles. The number of aromatic nitrogens is 1. The van der Waals surface area contributed by atoms with Crippen LogP contribution in [0, 0.1) is 3.70 Å². The molecule has 64 valence electrons.